The number of methoxy groups -OCH3 is 2. The van der Waals surface area contributed by atoms with Crippen LogP contribution in [0, 0.1) is 13.8 Å². The zero-order valence-corrected chi connectivity index (χ0v) is 26.8. The minimum Gasteiger partial charge on any atom is -0.497 e. The predicted octanol–water partition coefficient (Wildman–Crippen LogP) is 7.44. The van der Waals surface area contributed by atoms with Gasteiger partial charge in [-0.15, -0.1) is 0 Å². The summed E-state index contributed by atoms with van der Waals surface area (Å²) in [6.45, 7) is 5.83. The van der Waals surface area contributed by atoms with Gasteiger partial charge in [-0.25, -0.2) is 0 Å². The van der Waals surface area contributed by atoms with Gasteiger partial charge in [0.15, 0.2) is 5.60 Å². The Morgan fingerprint density at radius 2 is 1.39 bits per heavy atom. The molecular weight excluding hydrogens is 576 g/mol. The van der Waals surface area contributed by atoms with E-state index in [2.05, 4.69) is 69.3 Å². The molecule has 2 unspecified atom stereocenters. The van der Waals surface area contributed by atoms with Crippen molar-refractivity contribution >= 4 is 16.8 Å². The van der Waals surface area contributed by atoms with Gasteiger partial charge >= 0.3 is 0 Å². The molecule has 0 bridgehead atoms. The summed E-state index contributed by atoms with van der Waals surface area (Å²) in [5.74, 6) is 2.28. The normalized spacial score (nSPS) is 18.0. The topological polar surface area (TPSA) is 77.4 Å². The molecule has 5 aromatic rings. The Balaban J connectivity index is 1.53. The molecule has 2 atom stereocenters. The maximum Gasteiger partial charge on any atom is 0.178 e. The van der Waals surface area contributed by atoms with E-state index in [-0.39, 0.29) is 13.2 Å². The molecule has 6 nitrogen and oxygen atoms in total. The maximum absolute atomic E-state index is 10.4. The fourth-order valence-electron chi connectivity index (χ4n) is 7.06. The molecule has 6 heteroatoms. The second kappa shape index (κ2) is 11.3. The predicted molar refractivity (Wildman–Crippen MR) is 181 cm³/mol. The standard InChI is InChI=1S/C40H38O6/c1-24-6-16-31-34(20-24)38-33(37-36(31)32-17-7-25(2)21-35(32)39(37,3)45-23-28(42)22-41)18-19-40(46-38,26-8-12-29(43-4)13-9-26)27-10-14-30(44-5)15-11-27/h6-21,28,41-42H,22-23H2,1-5H3. The fraction of sp³-hybridized carbons (Fsp3) is 0.250. The second-order valence-corrected chi connectivity index (χ2v) is 12.4. The summed E-state index contributed by atoms with van der Waals surface area (Å²) in [6, 6.07) is 28.9. The summed E-state index contributed by atoms with van der Waals surface area (Å²) in [5, 5.41) is 22.1. The van der Waals surface area contributed by atoms with Crippen LogP contribution in [-0.4, -0.2) is 43.8 Å². The number of benzene rings is 5. The van der Waals surface area contributed by atoms with Gasteiger partial charge in [-0.1, -0.05) is 71.8 Å². The van der Waals surface area contributed by atoms with Crippen molar-refractivity contribution in [1.29, 1.82) is 0 Å². The van der Waals surface area contributed by atoms with Gasteiger partial charge < -0.3 is 29.2 Å². The third-order valence-electron chi connectivity index (χ3n) is 9.45. The summed E-state index contributed by atoms with van der Waals surface area (Å²) in [7, 11) is 3.32. The maximum atomic E-state index is 10.4. The molecule has 0 radical (unpaired) electrons. The van der Waals surface area contributed by atoms with Crippen molar-refractivity contribution in [1.82, 2.24) is 0 Å². The fourth-order valence-corrected chi connectivity index (χ4v) is 7.06. The van der Waals surface area contributed by atoms with Crippen molar-refractivity contribution in [2.24, 2.45) is 0 Å². The third kappa shape index (κ3) is 4.59. The average Bonchev–Trinajstić information content (AvgIpc) is 3.34. The van der Waals surface area contributed by atoms with Gasteiger partial charge in [0.2, 0.25) is 0 Å². The largest absolute Gasteiger partial charge is 0.497 e. The van der Waals surface area contributed by atoms with E-state index >= 15 is 0 Å². The molecule has 234 valence electrons. The molecule has 0 amide bonds. The Labute approximate surface area is 269 Å². The molecular formula is C40H38O6. The number of rotatable bonds is 8. The van der Waals surface area contributed by atoms with Gasteiger partial charge in [-0.3, -0.25) is 0 Å². The highest BCUT2D eigenvalue weighted by Gasteiger charge is 2.47. The van der Waals surface area contributed by atoms with Crippen LogP contribution in [0.2, 0.25) is 0 Å². The highest BCUT2D eigenvalue weighted by Crippen LogP contribution is 2.59. The van der Waals surface area contributed by atoms with Crippen LogP contribution in [0.3, 0.4) is 0 Å². The van der Waals surface area contributed by atoms with Crippen molar-refractivity contribution < 1.29 is 29.2 Å². The van der Waals surface area contributed by atoms with Crippen LogP contribution in [0.1, 0.15) is 45.9 Å². The first-order chi connectivity index (χ1) is 22.2. The molecule has 1 aliphatic carbocycles. The van der Waals surface area contributed by atoms with Gasteiger partial charge in [-0.2, -0.15) is 0 Å². The van der Waals surface area contributed by atoms with Crippen molar-refractivity contribution in [3.63, 3.8) is 0 Å². The van der Waals surface area contributed by atoms with E-state index in [1.807, 2.05) is 48.5 Å². The molecule has 1 aliphatic heterocycles. The molecule has 0 spiro atoms. The first kappa shape index (κ1) is 30.1. The number of ether oxygens (including phenoxy) is 4. The number of hydrogen-bond donors (Lipinski definition) is 2. The third-order valence-corrected chi connectivity index (χ3v) is 9.45. The zero-order valence-electron chi connectivity index (χ0n) is 26.8. The summed E-state index contributed by atoms with van der Waals surface area (Å²) >= 11 is 0. The Morgan fingerprint density at radius 3 is 2.00 bits per heavy atom. The molecule has 0 fully saturated rings. The Kier molecular flexibility index (Phi) is 7.40. The van der Waals surface area contributed by atoms with Gasteiger partial charge in [0.25, 0.3) is 0 Å². The van der Waals surface area contributed by atoms with E-state index in [4.69, 9.17) is 18.9 Å². The van der Waals surface area contributed by atoms with Crippen LogP contribution in [0.15, 0.2) is 91.0 Å². The number of aryl methyl sites for hydroxylation is 2. The molecule has 5 aromatic carbocycles. The Hall–Kier alpha value is -4.62. The van der Waals surface area contributed by atoms with E-state index in [9.17, 15) is 10.2 Å². The molecule has 2 aliphatic rings. The van der Waals surface area contributed by atoms with Crippen LogP contribution in [0.4, 0.5) is 0 Å². The van der Waals surface area contributed by atoms with Crippen LogP contribution in [-0.2, 0) is 15.9 Å². The number of aliphatic hydroxyl groups is 2. The lowest BCUT2D eigenvalue weighted by atomic mass is 9.80. The Bertz CT molecular complexity index is 1930. The number of aliphatic hydroxyl groups excluding tert-OH is 2. The van der Waals surface area contributed by atoms with Crippen molar-refractivity contribution in [2.75, 3.05) is 27.4 Å². The van der Waals surface area contributed by atoms with Gasteiger partial charge in [0, 0.05) is 27.6 Å². The minimum atomic E-state index is -1.00. The van der Waals surface area contributed by atoms with E-state index in [0.29, 0.717) is 0 Å². The average molecular weight is 615 g/mol. The quantitative estimate of drug-likeness (QED) is 0.189. The first-order valence-corrected chi connectivity index (χ1v) is 15.5. The van der Waals surface area contributed by atoms with Crippen LogP contribution < -0.4 is 14.2 Å². The van der Waals surface area contributed by atoms with Crippen LogP contribution in [0.25, 0.3) is 28.0 Å². The molecule has 0 aromatic heterocycles. The lowest BCUT2D eigenvalue weighted by Gasteiger charge is -2.39. The van der Waals surface area contributed by atoms with E-state index < -0.39 is 17.3 Å². The molecule has 2 N–H and O–H groups in total. The van der Waals surface area contributed by atoms with Crippen molar-refractivity contribution in [3.05, 3.63) is 130 Å². The summed E-state index contributed by atoms with van der Waals surface area (Å²) < 4.78 is 25.0. The summed E-state index contributed by atoms with van der Waals surface area (Å²) in [6.07, 6.45) is 3.28. The van der Waals surface area contributed by atoms with Gasteiger partial charge in [0.1, 0.15) is 29.0 Å². The van der Waals surface area contributed by atoms with Crippen molar-refractivity contribution in [3.8, 4) is 28.4 Å². The monoisotopic (exact) mass is 614 g/mol. The summed E-state index contributed by atoms with van der Waals surface area (Å²) in [5.41, 5.74) is 7.40. The zero-order chi connectivity index (χ0) is 32.2. The molecule has 1 heterocycles. The first-order valence-electron chi connectivity index (χ1n) is 15.5. The van der Waals surface area contributed by atoms with E-state index in [1.54, 1.807) is 14.2 Å². The van der Waals surface area contributed by atoms with E-state index in [0.717, 1.165) is 78.1 Å². The van der Waals surface area contributed by atoms with Gasteiger partial charge in [-0.05, 0) is 79.3 Å². The SMILES string of the molecule is COc1ccc(C2(c3ccc(OC)cc3)C=Cc3c4c(c5ccc(C)cc5c3O2)-c2ccc(C)cc2C4(C)OCC(O)CO)cc1. The summed E-state index contributed by atoms with van der Waals surface area (Å²) in [4.78, 5) is 0. The number of fused-ring (bicyclic) bond motifs is 8. The molecule has 0 saturated carbocycles. The number of hydrogen-bond acceptors (Lipinski definition) is 6. The molecule has 0 saturated heterocycles. The lowest BCUT2D eigenvalue weighted by Crippen LogP contribution is -2.36. The Morgan fingerprint density at radius 1 is 0.783 bits per heavy atom. The molecule has 7 rings (SSSR count). The van der Waals surface area contributed by atoms with Crippen LogP contribution >= 0.6 is 0 Å². The van der Waals surface area contributed by atoms with E-state index in [1.165, 1.54) is 0 Å². The smallest absolute Gasteiger partial charge is 0.178 e. The van der Waals surface area contributed by atoms with Crippen molar-refractivity contribution in [2.45, 2.75) is 38.1 Å². The second-order valence-electron chi connectivity index (χ2n) is 12.4. The van der Waals surface area contributed by atoms with Gasteiger partial charge in [0.05, 0.1) is 27.4 Å². The highest BCUT2D eigenvalue weighted by molar-refractivity contribution is 6.08. The minimum absolute atomic E-state index is 0.0211. The highest BCUT2D eigenvalue weighted by atomic mass is 16.5. The van der Waals surface area contributed by atoms with Crippen LogP contribution in [0.5, 0.6) is 17.2 Å². The molecule has 46 heavy (non-hydrogen) atoms. The lowest BCUT2D eigenvalue weighted by molar-refractivity contribution is -0.0610.